The molecule has 1 N–H and O–H groups in total. The number of nitrogens with one attached hydrogen (secondary N) is 1. The van der Waals surface area contributed by atoms with E-state index in [1.54, 1.807) is 6.20 Å². The number of rotatable bonds is 5. The lowest BCUT2D eigenvalue weighted by Gasteiger charge is -2.35. The molecule has 0 spiro atoms. The van der Waals surface area contributed by atoms with E-state index in [2.05, 4.69) is 22.1 Å². The maximum absolute atomic E-state index is 12.9. The largest absolute Gasteiger partial charge is 0.353 e. The number of carbonyl (C=O) groups is 2. The Balaban J connectivity index is 1.31. The van der Waals surface area contributed by atoms with Crippen molar-refractivity contribution < 1.29 is 9.59 Å². The number of piperazine rings is 1. The van der Waals surface area contributed by atoms with Crippen molar-refractivity contribution in [1.82, 2.24) is 9.88 Å². The van der Waals surface area contributed by atoms with Crippen LogP contribution in [-0.4, -0.2) is 47.9 Å². The molecule has 1 aromatic heterocycles. The van der Waals surface area contributed by atoms with Gasteiger partial charge in [-0.15, -0.1) is 0 Å². The van der Waals surface area contributed by atoms with Crippen molar-refractivity contribution in [2.24, 2.45) is 11.8 Å². The van der Waals surface area contributed by atoms with Crippen molar-refractivity contribution in [3.63, 3.8) is 0 Å². The molecule has 2 aromatic rings. The molecule has 0 bridgehead atoms. The van der Waals surface area contributed by atoms with Crippen LogP contribution in [0.15, 0.2) is 42.6 Å². The Morgan fingerprint density at radius 1 is 1.07 bits per heavy atom. The molecule has 6 heteroatoms. The van der Waals surface area contributed by atoms with Gasteiger partial charge in [-0.2, -0.15) is 0 Å². The third-order valence-corrected chi connectivity index (χ3v) is 6.00. The number of hydrogen-bond acceptors (Lipinski definition) is 4. The topological polar surface area (TPSA) is 65.5 Å². The van der Waals surface area contributed by atoms with Crippen molar-refractivity contribution in [3.8, 4) is 0 Å². The third kappa shape index (κ3) is 4.11. The first-order valence-electron chi connectivity index (χ1n) is 10.4. The SMILES string of the molecule is CCc1cccc(C)c1NC(=O)C1CC1C(=O)N1CCN(c2ccccn2)CC1. The number of hydrogen-bond donors (Lipinski definition) is 1. The fourth-order valence-electron chi connectivity index (χ4n) is 4.11. The van der Waals surface area contributed by atoms with E-state index in [0.717, 1.165) is 42.1 Å². The zero-order chi connectivity index (χ0) is 20.4. The molecule has 1 aromatic carbocycles. The second-order valence-electron chi connectivity index (χ2n) is 7.90. The van der Waals surface area contributed by atoms with E-state index in [0.29, 0.717) is 19.5 Å². The van der Waals surface area contributed by atoms with Crippen molar-refractivity contribution in [1.29, 1.82) is 0 Å². The Labute approximate surface area is 171 Å². The highest BCUT2D eigenvalue weighted by atomic mass is 16.2. The summed E-state index contributed by atoms with van der Waals surface area (Å²) in [6.45, 7) is 6.99. The van der Waals surface area contributed by atoms with E-state index in [4.69, 9.17) is 0 Å². The standard InChI is InChI=1S/C23H28N4O2/c1-3-17-8-6-7-16(2)21(17)25-22(28)18-15-19(18)23(29)27-13-11-26(12-14-27)20-9-4-5-10-24-20/h4-10,18-19H,3,11-15H2,1-2H3,(H,25,28). The van der Waals surface area contributed by atoms with Crippen molar-refractivity contribution in [3.05, 3.63) is 53.7 Å². The highest BCUT2D eigenvalue weighted by molar-refractivity contribution is 6.00. The summed E-state index contributed by atoms with van der Waals surface area (Å²) in [7, 11) is 0. The fourth-order valence-corrected chi connectivity index (χ4v) is 4.11. The molecule has 1 saturated carbocycles. The molecule has 2 atom stereocenters. The second kappa shape index (κ2) is 8.23. The first-order chi connectivity index (χ1) is 14.1. The molecular formula is C23H28N4O2. The van der Waals surface area contributed by atoms with Crippen LogP contribution >= 0.6 is 0 Å². The first-order valence-corrected chi connectivity index (χ1v) is 10.4. The molecule has 6 nitrogen and oxygen atoms in total. The molecule has 2 heterocycles. The minimum Gasteiger partial charge on any atom is -0.353 e. The number of pyridine rings is 1. The Bertz CT molecular complexity index is 891. The van der Waals surface area contributed by atoms with Crippen LogP contribution in [0.4, 0.5) is 11.5 Å². The number of amides is 2. The monoisotopic (exact) mass is 392 g/mol. The molecule has 29 heavy (non-hydrogen) atoms. The summed E-state index contributed by atoms with van der Waals surface area (Å²) in [5.74, 6) is 0.658. The van der Waals surface area contributed by atoms with E-state index in [9.17, 15) is 9.59 Å². The van der Waals surface area contributed by atoms with E-state index < -0.39 is 0 Å². The van der Waals surface area contributed by atoms with Crippen LogP contribution < -0.4 is 10.2 Å². The van der Waals surface area contributed by atoms with Crippen LogP contribution in [0, 0.1) is 18.8 Å². The van der Waals surface area contributed by atoms with Gasteiger partial charge in [0, 0.05) is 38.1 Å². The molecule has 152 valence electrons. The summed E-state index contributed by atoms with van der Waals surface area (Å²) in [4.78, 5) is 34.1. The van der Waals surface area contributed by atoms with Gasteiger partial charge in [-0.1, -0.05) is 31.2 Å². The summed E-state index contributed by atoms with van der Waals surface area (Å²) in [5.41, 5.74) is 3.10. The molecule has 2 amide bonds. The number of benzene rings is 1. The molecule has 0 radical (unpaired) electrons. The first kappa shape index (κ1) is 19.4. The third-order valence-electron chi connectivity index (χ3n) is 6.00. The summed E-state index contributed by atoms with van der Waals surface area (Å²) in [6.07, 6.45) is 3.31. The van der Waals surface area contributed by atoms with Crippen LogP contribution in [0.2, 0.25) is 0 Å². The highest BCUT2D eigenvalue weighted by Gasteiger charge is 2.49. The van der Waals surface area contributed by atoms with Crippen LogP contribution in [0.1, 0.15) is 24.5 Å². The fraction of sp³-hybridized carbons (Fsp3) is 0.435. The van der Waals surface area contributed by atoms with Crippen molar-refractivity contribution in [2.45, 2.75) is 26.7 Å². The molecule has 4 rings (SSSR count). The zero-order valence-electron chi connectivity index (χ0n) is 17.1. The number of nitrogens with zero attached hydrogens (tertiary/aromatic N) is 3. The van der Waals surface area contributed by atoms with Crippen LogP contribution in [-0.2, 0) is 16.0 Å². The number of para-hydroxylation sites is 1. The van der Waals surface area contributed by atoms with E-state index in [1.165, 1.54) is 0 Å². The minimum atomic E-state index is -0.208. The van der Waals surface area contributed by atoms with Crippen LogP contribution in [0.25, 0.3) is 0 Å². The molecular weight excluding hydrogens is 364 g/mol. The van der Waals surface area contributed by atoms with Gasteiger partial charge in [-0.05, 0) is 43.0 Å². The Hall–Kier alpha value is -2.89. The lowest BCUT2D eigenvalue weighted by molar-refractivity contribution is -0.134. The summed E-state index contributed by atoms with van der Waals surface area (Å²) >= 11 is 0. The van der Waals surface area contributed by atoms with Crippen LogP contribution in [0.5, 0.6) is 0 Å². The molecule has 2 unspecified atom stereocenters. The number of aryl methyl sites for hydroxylation is 2. The van der Waals surface area contributed by atoms with E-state index >= 15 is 0 Å². The Morgan fingerprint density at radius 2 is 1.86 bits per heavy atom. The Morgan fingerprint density at radius 3 is 2.55 bits per heavy atom. The van der Waals surface area contributed by atoms with Gasteiger partial charge in [0.25, 0.3) is 0 Å². The number of anilines is 2. The molecule has 2 fully saturated rings. The minimum absolute atomic E-state index is 0.0283. The quantitative estimate of drug-likeness (QED) is 0.850. The van der Waals surface area contributed by atoms with Gasteiger partial charge < -0.3 is 15.1 Å². The predicted molar refractivity (Wildman–Crippen MR) is 114 cm³/mol. The molecule has 1 aliphatic heterocycles. The van der Waals surface area contributed by atoms with Crippen LogP contribution in [0.3, 0.4) is 0 Å². The molecule has 2 aliphatic rings. The Kier molecular flexibility index (Phi) is 5.51. The summed E-state index contributed by atoms with van der Waals surface area (Å²) in [6, 6.07) is 11.9. The van der Waals surface area contributed by atoms with Gasteiger partial charge in [-0.3, -0.25) is 9.59 Å². The van der Waals surface area contributed by atoms with Gasteiger partial charge in [0.1, 0.15) is 5.82 Å². The van der Waals surface area contributed by atoms with Gasteiger partial charge in [-0.25, -0.2) is 4.98 Å². The lowest BCUT2D eigenvalue weighted by atomic mass is 10.1. The summed E-state index contributed by atoms with van der Waals surface area (Å²) < 4.78 is 0. The maximum atomic E-state index is 12.9. The molecule has 1 saturated heterocycles. The van der Waals surface area contributed by atoms with Gasteiger partial charge >= 0.3 is 0 Å². The average molecular weight is 393 g/mol. The van der Waals surface area contributed by atoms with Crippen molar-refractivity contribution >= 4 is 23.3 Å². The zero-order valence-corrected chi connectivity index (χ0v) is 17.1. The molecule has 1 aliphatic carbocycles. The lowest BCUT2D eigenvalue weighted by Crippen LogP contribution is -2.49. The maximum Gasteiger partial charge on any atom is 0.228 e. The van der Waals surface area contributed by atoms with Gasteiger partial charge in [0.2, 0.25) is 11.8 Å². The highest BCUT2D eigenvalue weighted by Crippen LogP contribution is 2.41. The van der Waals surface area contributed by atoms with Gasteiger partial charge in [0.15, 0.2) is 0 Å². The second-order valence-corrected chi connectivity index (χ2v) is 7.90. The normalized spacial score (nSPS) is 21.0. The van der Waals surface area contributed by atoms with Crippen molar-refractivity contribution in [2.75, 3.05) is 36.4 Å². The van der Waals surface area contributed by atoms with E-state index in [-0.39, 0.29) is 23.7 Å². The average Bonchev–Trinajstić information content (AvgIpc) is 3.56. The smallest absolute Gasteiger partial charge is 0.228 e. The number of aromatic nitrogens is 1. The van der Waals surface area contributed by atoms with Gasteiger partial charge in [0.05, 0.1) is 11.8 Å². The predicted octanol–water partition coefficient (Wildman–Crippen LogP) is 2.88. The van der Waals surface area contributed by atoms with E-state index in [1.807, 2.05) is 48.2 Å². The number of carbonyl (C=O) groups excluding carboxylic acids is 2. The summed E-state index contributed by atoms with van der Waals surface area (Å²) in [5, 5.41) is 3.08.